The standard InChI is InChI=1S/C13H18O3/c1-9(2)16-12-10(13(14)7-8-13)5-4-6-11(12)15-3/h4-6,9,14H,7-8H2,1-3H3. The van der Waals surface area contributed by atoms with Crippen molar-refractivity contribution in [3.63, 3.8) is 0 Å². The van der Waals surface area contributed by atoms with Crippen molar-refractivity contribution in [1.82, 2.24) is 0 Å². The van der Waals surface area contributed by atoms with Crippen LogP contribution in [-0.4, -0.2) is 18.3 Å². The van der Waals surface area contributed by atoms with Crippen LogP contribution in [0.2, 0.25) is 0 Å². The molecule has 1 aromatic carbocycles. The third kappa shape index (κ3) is 2.00. The van der Waals surface area contributed by atoms with E-state index < -0.39 is 5.60 Å². The van der Waals surface area contributed by atoms with E-state index in [0.29, 0.717) is 11.5 Å². The Morgan fingerprint density at radius 2 is 2.00 bits per heavy atom. The molecule has 0 aliphatic heterocycles. The van der Waals surface area contributed by atoms with E-state index in [9.17, 15) is 5.11 Å². The summed E-state index contributed by atoms with van der Waals surface area (Å²) >= 11 is 0. The van der Waals surface area contributed by atoms with Crippen molar-refractivity contribution in [2.75, 3.05) is 7.11 Å². The van der Waals surface area contributed by atoms with Crippen LogP contribution in [-0.2, 0) is 5.60 Å². The van der Waals surface area contributed by atoms with Crippen molar-refractivity contribution < 1.29 is 14.6 Å². The van der Waals surface area contributed by atoms with E-state index in [-0.39, 0.29) is 6.10 Å². The van der Waals surface area contributed by atoms with Crippen LogP contribution in [0.3, 0.4) is 0 Å². The quantitative estimate of drug-likeness (QED) is 0.850. The maximum atomic E-state index is 10.2. The maximum absolute atomic E-state index is 10.2. The van der Waals surface area contributed by atoms with E-state index >= 15 is 0 Å². The number of rotatable bonds is 4. The average Bonchev–Trinajstić information content (AvgIpc) is 2.97. The van der Waals surface area contributed by atoms with Crippen molar-refractivity contribution in [2.45, 2.75) is 38.4 Å². The molecule has 16 heavy (non-hydrogen) atoms. The van der Waals surface area contributed by atoms with Crippen molar-refractivity contribution in [3.8, 4) is 11.5 Å². The molecule has 1 saturated carbocycles. The van der Waals surface area contributed by atoms with E-state index in [2.05, 4.69) is 0 Å². The Bertz CT molecular complexity index is 381. The lowest BCUT2D eigenvalue weighted by molar-refractivity contribution is 0.140. The van der Waals surface area contributed by atoms with E-state index in [0.717, 1.165) is 18.4 Å². The average molecular weight is 222 g/mol. The first-order chi connectivity index (χ1) is 7.57. The van der Waals surface area contributed by atoms with Gasteiger partial charge in [0.15, 0.2) is 11.5 Å². The minimum atomic E-state index is -0.696. The molecule has 1 aromatic rings. The first-order valence-corrected chi connectivity index (χ1v) is 5.63. The van der Waals surface area contributed by atoms with Crippen LogP contribution in [0, 0.1) is 0 Å². The second-order valence-corrected chi connectivity index (χ2v) is 4.54. The van der Waals surface area contributed by atoms with Gasteiger partial charge in [-0.15, -0.1) is 0 Å². The Balaban J connectivity index is 2.42. The lowest BCUT2D eigenvalue weighted by Crippen LogP contribution is -2.13. The highest BCUT2D eigenvalue weighted by atomic mass is 16.5. The molecule has 3 nitrogen and oxygen atoms in total. The van der Waals surface area contributed by atoms with Crippen LogP contribution in [0.5, 0.6) is 11.5 Å². The monoisotopic (exact) mass is 222 g/mol. The second kappa shape index (κ2) is 3.98. The number of para-hydroxylation sites is 1. The number of benzene rings is 1. The predicted octanol–water partition coefficient (Wildman–Crippen LogP) is 2.46. The number of hydrogen-bond donors (Lipinski definition) is 1. The van der Waals surface area contributed by atoms with Gasteiger partial charge in [-0.25, -0.2) is 0 Å². The molecule has 1 aliphatic carbocycles. The van der Waals surface area contributed by atoms with Gasteiger partial charge in [0.1, 0.15) is 0 Å². The van der Waals surface area contributed by atoms with Crippen LogP contribution in [0.15, 0.2) is 18.2 Å². The Morgan fingerprint density at radius 1 is 1.31 bits per heavy atom. The minimum Gasteiger partial charge on any atom is -0.493 e. The SMILES string of the molecule is COc1cccc(C2(O)CC2)c1OC(C)C. The van der Waals surface area contributed by atoms with Gasteiger partial charge in [-0.1, -0.05) is 12.1 Å². The zero-order chi connectivity index (χ0) is 11.8. The number of ether oxygens (including phenoxy) is 2. The molecular formula is C13H18O3. The minimum absolute atomic E-state index is 0.0670. The predicted molar refractivity (Wildman–Crippen MR) is 61.9 cm³/mol. The third-order valence-corrected chi connectivity index (χ3v) is 2.78. The molecule has 1 aliphatic rings. The van der Waals surface area contributed by atoms with Gasteiger partial charge in [-0.05, 0) is 32.8 Å². The Hall–Kier alpha value is -1.22. The van der Waals surface area contributed by atoms with E-state index in [4.69, 9.17) is 9.47 Å². The van der Waals surface area contributed by atoms with Crippen molar-refractivity contribution in [3.05, 3.63) is 23.8 Å². The topological polar surface area (TPSA) is 38.7 Å². The summed E-state index contributed by atoms with van der Waals surface area (Å²) in [6.07, 6.45) is 1.67. The van der Waals surface area contributed by atoms with Gasteiger partial charge < -0.3 is 14.6 Å². The fourth-order valence-corrected chi connectivity index (χ4v) is 1.79. The molecule has 1 fully saturated rings. The Labute approximate surface area is 96.0 Å². The first kappa shape index (κ1) is 11.3. The van der Waals surface area contributed by atoms with Gasteiger partial charge in [-0.3, -0.25) is 0 Å². The van der Waals surface area contributed by atoms with Gasteiger partial charge in [0.2, 0.25) is 0 Å². The zero-order valence-electron chi connectivity index (χ0n) is 9.99. The Morgan fingerprint density at radius 3 is 2.50 bits per heavy atom. The first-order valence-electron chi connectivity index (χ1n) is 5.63. The van der Waals surface area contributed by atoms with Crippen molar-refractivity contribution >= 4 is 0 Å². The van der Waals surface area contributed by atoms with Crippen LogP contribution in [0.4, 0.5) is 0 Å². The highest BCUT2D eigenvalue weighted by Crippen LogP contribution is 2.51. The summed E-state index contributed by atoms with van der Waals surface area (Å²) in [7, 11) is 1.61. The van der Waals surface area contributed by atoms with E-state index in [1.54, 1.807) is 7.11 Å². The van der Waals surface area contributed by atoms with E-state index in [1.165, 1.54) is 0 Å². The number of hydrogen-bond acceptors (Lipinski definition) is 3. The number of methoxy groups -OCH3 is 1. The lowest BCUT2D eigenvalue weighted by Gasteiger charge is -2.19. The highest BCUT2D eigenvalue weighted by Gasteiger charge is 2.45. The second-order valence-electron chi connectivity index (χ2n) is 4.54. The molecule has 0 saturated heterocycles. The summed E-state index contributed by atoms with van der Waals surface area (Å²) < 4.78 is 11.0. The molecule has 0 spiro atoms. The van der Waals surface area contributed by atoms with Gasteiger partial charge in [-0.2, -0.15) is 0 Å². The van der Waals surface area contributed by atoms with Crippen molar-refractivity contribution in [2.24, 2.45) is 0 Å². The third-order valence-electron chi connectivity index (χ3n) is 2.78. The molecule has 0 radical (unpaired) electrons. The summed E-state index contributed by atoms with van der Waals surface area (Å²) in [6.45, 7) is 3.93. The summed E-state index contributed by atoms with van der Waals surface area (Å²) in [5, 5.41) is 10.2. The van der Waals surface area contributed by atoms with Crippen LogP contribution in [0.25, 0.3) is 0 Å². The molecule has 0 aromatic heterocycles. The van der Waals surface area contributed by atoms with Crippen LogP contribution in [0.1, 0.15) is 32.3 Å². The van der Waals surface area contributed by atoms with Gasteiger partial charge >= 0.3 is 0 Å². The summed E-state index contributed by atoms with van der Waals surface area (Å²) in [6, 6.07) is 5.65. The molecule has 0 unspecified atom stereocenters. The fourth-order valence-electron chi connectivity index (χ4n) is 1.79. The molecule has 3 heteroatoms. The smallest absolute Gasteiger partial charge is 0.167 e. The lowest BCUT2D eigenvalue weighted by atomic mass is 10.1. The van der Waals surface area contributed by atoms with Crippen molar-refractivity contribution in [1.29, 1.82) is 0 Å². The highest BCUT2D eigenvalue weighted by molar-refractivity contribution is 5.51. The summed E-state index contributed by atoms with van der Waals surface area (Å²) in [4.78, 5) is 0. The molecule has 0 heterocycles. The molecular weight excluding hydrogens is 204 g/mol. The summed E-state index contributed by atoms with van der Waals surface area (Å²) in [5.74, 6) is 1.37. The fraction of sp³-hybridized carbons (Fsp3) is 0.538. The van der Waals surface area contributed by atoms with Gasteiger partial charge in [0.05, 0.1) is 18.8 Å². The molecule has 1 N–H and O–H groups in total. The molecule has 0 bridgehead atoms. The zero-order valence-corrected chi connectivity index (χ0v) is 9.99. The number of aliphatic hydroxyl groups is 1. The molecule has 0 atom stereocenters. The largest absolute Gasteiger partial charge is 0.493 e. The molecule has 88 valence electrons. The van der Waals surface area contributed by atoms with Crippen LogP contribution < -0.4 is 9.47 Å². The van der Waals surface area contributed by atoms with E-state index in [1.807, 2.05) is 32.0 Å². The van der Waals surface area contributed by atoms with Gasteiger partial charge in [0, 0.05) is 5.56 Å². The molecule has 0 amide bonds. The van der Waals surface area contributed by atoms with Crippen LogP contribution >= 0.6 is 0 Å². The molecule has 2 rings (SSSR count). The maximum Gasteiger partial charge on any atom is 0.167 e. The summed E-state index contributed by atoms with van der Waals surface area (Å²) in [5.41, 5.74) is 0.152. The van der Waals surface area contributed by atoms with Gasteiger partial charge in [0.25, 0.3) is 0 Å². The normalized spacial score (nSPS) is 17.3. The Kier molecular flexibility index (Phi) is 2.80.